The Hall–Kier alpha value is -0.580. The van der Waals surface area contributed by atoms with Gasteiger partial charge in [0.05, 0.1) is 5.41 Å². The third-order valence-corrected chi connectivity index (χ3v) is 6.14. The van der Waals surface area contributed by atoms with Gasteiger partial charge in [-0.1, -0.05) is 80.1 Å². The van der Waals surface area contributed by atoms with Gasteiger partial charge in [0.2, 0.25) is 0 Å². The minimum Gasteiger partial charge on any atom is -0.454 e. The molecule has 2 unspecified atom stereocenters. The lowest BCUT2D eigenvalue weighted by molar-refractivity contribution is -0.180. The van der Waals surface area contributed by atoms with Crippen LogP contribution in [0.4, 0.5) is 0 Å². The van der Waals surface area contributed by atoms with Crippen LogP contribution < -0.4 is 0 Å². The summed E-state index contributed by atoms with van der Waals surface area (Å²) in [7, 11) is 0. The van der Waals surface area contributed by atoms with E-state index in [0.29, 0.717) is 3.92 Å². The van der Waals surface area contributed by atoms with Crippen LogP contribution in [-0.4, -0.2) is 9.89 Å². The molecule has 0 saturated heterocycles. The number of rotatable bonds is 6. The summed E-state index contributed by atoms with van der Waals surface area (Å²) in [5.41, 5.74) is 0.299. The number of alkyl halides is 1. The lowest BCUT2D eigenvalue weighted by atomic mass is 9.74. The molecular weight excluding hydrogens is 411 g/mol. The fourth-order valence-electron chi connectivity index (χ4n) is 3.75. The Kier molecular flexibility index (Phi) is 6.74. The predicted molar refractivity (Wildman–Crippen MR) is 108 cm³/mol. The minimum absolute atomic E-state index is 0.0215. The largest absolute Gasteiger partial charge is 0.454 e. The molecule has 0 aromatic heterocycles. The van der Waals surface area contributed by atoms with E-state index in [1.807, 2.05) is 18.2 Å². The lowest BCUT2D eigenvalue weighted by Crippen LogP contribution is -2.43. The van der Waals surface area contributed by atoms with Gasteiger partial charge < -0.3 is 4.74 Å². The average molecular weight is 442 g/mol. The molecule has 0 aliphatic heterocycles. The van der Waals surface area contributed by atoms with Crippen LogP contribution in [0.1, 0.15) is 71.8 Å². The predicted octanol–water partition coefficient (Wildman–Crippen LogP) is 6.27. The zero-order valence-electron chi connectivity index (χ0n) is 15.5. The first kappa shape index (κ1) is 19.7. The fraction of sp³-hybridized carbons (Fsp3) is 0.667. The molecule has 1 aromatic carbocycles. The third kappa shape index (κ3) is 4.33. The van der Waals surface area contributed by atoms with E-state index in [1.54, 1.807) is 0 Å². The van der Waals surface area contributed by atoms with Crippen molar-refractivity contribution >= 4 is 28.6 Å². The normalized spacial score (nSPS) is 21.1. The maximum absolute atomic E-state index is 13.3. The van der Waals surface area contributed by atoms with Crippen molar-refractivity contribution in [1.82, 2.24) is 0 Å². The van der Waals surface area contributed by atoms with Crippen LogP contribution >= 0.6 is 22.6 Å². The molecular formula is C21H31IO2. The second-order valence-electron chi connectivity index (χ2n) is 7.87. The molecule has 1 aliphatic carbocycles. The quantitative estimate of drug-likeness (QED) is 0.295. The number of hydrogen-bond donors (Lipinski definition) is 0. The van der Waals surface area contributed by atoms with Crippen molar-refractivity contribution in [3.05, 3.63) is 35.9 Å². The van der Waals surface area contributed by atoms with Crippen molar-refractivity contribution < 1.29 is 9.53 Å². The Bertz CT molecular complexity index is 532. The molecule has 24 heavy (non-hydrogen) atoms. The number of esters is 1. The second kappa shape index (κ2) is 8.20. The van der Waals surface area contributed by atoms with Crippen LogP contribution in [0.3, 0.4) is 0 Å². The number of carbonyl (C=O) groups excluding carboxylic acids is 1. The summed E-state index contributed by atoms with van der Waals surface area (Å²) >= 11 is 2.41. The van der Waals surface area contributed by atoms with Crippen molar-refractivity contribution in [2.45, 2.75) is 75.7 Å². The summed E-state index contributed by atoms with van der Waals surface area (Å²) in [5.74, 6) is 0.241. The van der Waals surface area contributed by atoms with E-state index < -0.39 is 11.0 Å². The molecule has 0 amide bonds. The Morgan fingerprint density at radius 2 is 1.75 bits per heavy atom. The maximum Gasteiger partial charge on any atom is 0.312 e. The van der Waals surface area contributed by atoms with Crippen LogP contribution in [0.2, 0.25) is 0 Å². The van der Waals surface area contributed by atoms with E-state index >= 15 is 0 Å². The summed E-state index contributed by atoms with van der Waals surface area (Å²) in [4.78, 5) is 13.3. The van der Waals surface area contributed by atoms with Gasteiger partial charge in [-0.2, -0.15) is 0 Å². The van der Waals surface area contributed by atoms with Crippen LogP contribution in [0, 0.1) is 11.3 Å². The Morgan fingerprint density at radius 1 is 1.17 bits per heavy atom. The number of carbonyl (C=O) groups is 1. The smallest absolute Gasteiger partial charge is 0.312 e. The van der Waals surface area contributed by atoms with E-state index in [4.69, 9.17) is 4.74 Å². The molecule has 0 spiro atoms. The van der Waals surface area contributed by atoms with Crippen LogP contribution in [-0.2, 0) is 15.1 Å². The molecule has 3 heteroatoms. The van der Waals surface area contributed by atoms with Crippen molar-refractivity contribution in [3.8, 4) is 0 Å². The number of halogens is 1. The molecule has 1 aromatic rings. The highest BCUT2D eigenvalue weighted by Gasteiger charge is 2.45. The van der Waals surface area contributed by atoms with Gasteiger partial charge in [0.15, 0.2) is 0 Å². The Labute approximate surface area is 160 Å². The van der Waals surface area contributed by atoms with E-state index in [2.05, 4.69) is 62.4 Å². The maximum atomic E-state index is 13.3. The number of hydrogen-bond acceptors (Lipinski definition) is 2. The third-order valence-electron chi connectivity index (χ3n) is 5.70. The lowest BCUT2D eigenvalue weighted by Gasteiger charge is -2.41. The van der Waals surface area contributed by atoms with E-state index in [-0.39, 0.29) is 11.9 Å². The van der Waals surface area contributed by atoms with Gasteiger partial charge >= 0.3 is 5.97 Å². The molecule has 2 nitrogen and oxygen atoms in total. The molecule has 0 radical (unpaired) electrons. The second-order valence-corrected chi connectivity index (χ2v) is 9.99. The zero-order chi connectivity index (χ0) is 17.8. The first-order valence-corrected chi connectivity index (χ1v) is 10.5. The Balaban J connectivity index is 2.30. The molecule has 134 valence electrons. The van der Waals surface area contributed by atoms with Gasteiger partial charge in [0, 0.05) is 3.92 Å². The summed E-state index contributed by atoms with van der Waals surface area (Å²) in [5, 5.41) is 0. The first-order valence-electron chi connectivity index (χ1n) is 9.23. The van der Waals surface area contributed by atoms with Gasteiger partial charge in [-0.05, 0) is 50.5 Å². The highest BCUT2D eigenvalue weighted by molar-refractivity contribution is 14.1. The summed E-state index contributed by atoms with van der Waals surface area (Å²) in [6, 6.07) is 10.4. The van der Waals surface area contributed by atoms with Crippen LogP contribution in [0.15, 0.2) is 30.3 Å². The van der Waals surface area contributed by atoms with E-state index in [9.17, 15) is 4.79 Å². The topological polar surface area (TPSA) is 26.3 Å². The summed E-state index contributed by atoms with van der Waals surface area (Å²) < 4.78 is 6.80. The van der Waals surface area contributed by atoms with Gasteiger partial charge in [-0.3, -0.25) is 4.79 Å². The van der Waals surface area contributed by atoms with E-state index in [1.165, 1.54) is 6.42 Å². The van der Waals surface area contributed by atoms with Gasteiger partial charge in [-0.25, -0.2) is 0 Å². The average Bonchev–Trinajstić information content (AvgIpc) is 2.55. The number of benzene rings is 1. The molecule has 1 aliphatic rings. The van der Waals surface area contributed by atoms with E-state index in [0.717, 1.165) is 37.7 Å². The zero-order valence-corrected chi connectivity index (χ0v) is 17.6. The number of ether oxygens (including phenoxy) is 1. The fourth-order valence-corrected chi connectivity index (χ4v) is 4.66. The Morgan fingerprint density at radius 3 is 2.25 bits per heavy atom. The van der Waals surface area contributed by atoms with Gasteiger partial charge in [0.1, 0.15) is 5.60 Å². The molecule has 2 rings (SSSR count). The van der Waals surface area contributed by atoms with Crippen molar-refractivity contribution in [2.75, 3.05) is 0 Å². The highest BCUT2D eigenvalue weighted by atomic mass is 127. The summed E-state index contributed by atoms with van der Waals surface area (Å²) in [6.07, 6.45) is 6.23. The monoisotopic (exact) mass is 442 g/mol. The molecule has 0 N–H and O–H groups in total. The van der Waals surface area contributed by atoms with Crippen molar-refractivity contribution in [3.63, 3.8) is 0 Å². The SMILES string of the molecule is CC(I)CC(C)(C(=O)OC1(c2ccccc2)CCCCC1)C(C)C. The van der Waals surface area contributed by atoms with Gasteiger partial charge in [-0.15, -0.1) is 0 Å². The molecule has 0 heterocycles. The molecule has 0 bridgehead atoms. The van der Waals surface area contributed by atoms with Crippen LogP contribution in [0.5, 0.6) is 0 Å². The first-order chi connectivity index (χ1) is 11.3. The van der Waals surface area contributed by atoms with Gasteiger partial charge in [0.25, 0.3) is 0 Å². The molecule has 2 atom stereocenters. The van der Waals surface area contributed by atoms with Crippen LogP contribution in [0.25, 0.3) is 0 Å². The van der Waals surface area contributed by atoms with Crippen molar-refractivity contribution in [1.29, 1.82) is 0 Å². The molecule has 1 fully saturated rings. The van der Waals surface area contributed by atoms with Crippen molar-refractivity contribution in [2.24, 2.45) is 11.3 Å². The standard InChI is InChI=1S/C21H31IO2/c1-16(2)20(4,15-17(3)22)19(23)24-21(13-9-6-10-14-21)18-11-7-5-8-12-18/h5,7-8,11-12,16-17H,6,9-10,13-15H2,1-4H3. The molecule has 1 saturated carbocycles. The summed E-state index contributed by atoms with van der Waals surface area (Å²) in [6.45, 7) is 8.52. The minimum atomic E-state index is -0.431. The highest BCUT2D eigenvalue weighted by Crippen LogP contribution is 2.44.